The Morgan fingerprint density at radius 3 is 2.47 bits per heavy atom. The minimum atomic E-state index is -0.0442. The first-order valence-corrected chi connectivity index (χ1v) is 6.05. The van der Waals surface area contributed by atoms with Gasteiger partial charge in [-0.25, -0.2) is 0 Å². The van der Waals surface area contributed by atoms with Crippen LogP contribution in [0.5, 0.6) is 5.75 Å². The smallest absolute Gasteiger partial charge is 0.308 e. The number of rotatable bonds is 4. The van der Waals surface area contributed by atoms with Crippen LogP contribution in [0.4, 0.5) is 0 Å². The summed E-state index contributed by atoms with van der Waals surface area (Å²) in [4.78, 5) is 11.5. The molecule has 0 atom stereocenters. The fourth-order valence-corrected chi connectivity index (χ4v) is 2.22. The van der Waals surface area contributed by atoms with Gasteiger partial charge in [-0.05, 0) is 43.4 Å². The van der Waals surface area contributed by atoms with Crippen molar-refractivity contribution in [1.29, 1.82) is 0 Å². The maximum absolute atomic E-state index is 11.5. The normalized spacial score (nSPS) is 22.7. The average molecular weight is 234 g/mol. The third-order valence-corrected chi connectivity index (χ3v) is 3.35. The Balaban J connectivity index is 1.88. The van der Waals surface area contributed by atoms with Gasteiger partial charge in [-0.2, -0.15) is 0 Å². The highest BCUT2D eigenvalue weighted by molar-refractivity contribution is 5.73. The highest BCUT2D eigenvalue weighted by atomic mass is 16.5. The maximum atomic E-state index is 11.5. The van der Waals surface area contributed by atoms with E-state index in [4.69, 9.17) is 9.47 Å². The summed E-state index contributed by atoms with van der Waals surface area (Å²) in [6, 6.07) is 8.08. The Labute approximate surface area is 102 Å². The van der Waals surface area contributed by atoms with E-state index in [1.165, 1.54) is 5.56 Å². The number of carbonyl (C=O) groups is 1. The topological polar surface area (TPSA) is 35.5 Å². The molecule has 0 radical (unpaired) electrons. The van der Waals surface area contributed by atoms with Crippen LogP contribution in [0.1, 0.15) is 31.2 Å². The molecule has 0 aliphatic heterocycles. The van der Waals surface area contributed by atoms with Crippen LogP contribution >= 0.6 is 0 Å². The van der Waals surface area contributed by atoms with E-state index in [-0.39, 0.29) is 11.9 Å². The van der Waals surface area contributed by atoms with E-state index < -0.39 is 0 Å². The number of hydrogen-bond acceptors (Lipinski definition) is 3. The predicted octanol–water partition coefficient (Wildman–Crippen LogP) is 2.75. The van der Waals surface area contributed by atoms with Crippen molar-refractivity contribution in [2.45, 2.75) is 25.7 Å². The van der Waals surface area contributed by atoms with Gasteiger partial charge in [0.25, 0.3) is 0 Å². The van der Waals surface area contributed by atoms with Crippen molar-refractivity contribution < 1.29 is 14.3 Å². The largest absolute Gasteiger partial charge is 0.497 e. The molecule has 0 heterocycles. The molecule has 0 N–H and O–H groups in total. The van der Waals surface area contributed by atoms with Crippen molar-refractivity contribution >= 4 is 5.97 Å². The summed E-state index contributed by atoms with van der Waals surface area (Å²) in [5.74, 6) is 1.42. The van der Waals surface area contributed by atoms with Crippen LogP contribution < -0.4 is 4.74 Å². The summed E-state index contributed by atoms with van der Waals surface area (Å²) in [7, 11) is 1.66. The summed E-state index contributed by atoms with van der Waals surface area (Å²) in [5.41, 5.74) is 1.28. The Hall–Kier alpha value is -1.51. The van der Waals surface area contributed by atoms with E-state index in [2.05, 4.69) is 12.1 Å². The van der Waals surface area contributed by atoms with E-state index in [9.17, 15) is 4.79 Å². The van der Waals surface area contributed by atoms with Gasteiger partial charge in [0.2, 0.25) is 0 Å². The third-order valence-electron chi connectivity index (χ3n) is 3.35. The molecule has 1 aromatic rings. The van der Waals surface area contributed by atoms with Crippen LogP contribution in [-0.4, -0.2) is 19.7 Å². The molecule has 1 aliphatic rings. The van der Waals surface area contributed by atoms with Crippen LogP contribution in [0.25, 0.3) is 0 Å². The molecule has 1 aliphatic carbocycles. The zero-order valence-corrected chi connectivity index (χ0v) is 10.3. The molecular weight excluding hydrogens is 216 g/mol. The van der Waals surface area contributed by atoms with Crippen molar-refractivity contribution in [2.24, 2.45) is 5.92 Å². The average Bonchev–Trinajstić information content (AvgIpc) is 2.28. The minimum Gasteiger partial charge on any atom is -0.497 e. The van der Waals surface area contributed by atoms with E-state index in [1.54, 1.807) is 7.11 Å². The summed E-state index contributed by atoms with van der Waals surface area (Å²) < 4.78 is 10.1. The summed E-state index contributed by atoms with van der Waals surface area (Å²) in [6.07, 6.45) is 1.82. The number of ether oxygens (including phenoxy) is 2. The number of esters is 1. The molecule has 1 aromatic carbocycles. The minimum absolute atomic E-state index is 0.0442. The first-order valence-electron chi connectivity index (χ1n) is 6.05. The molecule has 0 unspecified atom stereocenters. The monoisotopic (exact) mass is 234 g/mol. The molecule has 1 fully saturated rings. The van der Waals surface area contributed by atoms with Crippen molar-refractivity contribution in [3.8, 4) is 5.75 Å². The lowest BCUT2D eigenvalue weighted by Gasteiger charge is -2.33. The predicted molar refractivity (Wildman–Crippen MR) is 65.1 cm³/mol. The fourth-order valence-electron chi connectivity index (χ4n) is 2.22. The second-order valence-electron chi connectivity index (χ2n) is 4.39. The summed E-state index contributed by atoms with van der Waals surface area (Å²) in [5, 5.41) is 0. The molecule has 0 aromatic heterocycles. The van der Waals surface area contributed by atoms with Gasteiger partial charge in [0.05, 0.1) is 19.6 Å². The number of methoxy groups -OCH3 is 1. The lowest BCUT2D eigenvalue weighted by atomic mass is 9.71. The Morgan fingerprint density at radius 1 is 1.29 bits per heavy atom. The third kappa shape index (κ3) is 2.60. The molecule has 0 spiro atoms. The van der Waals surface area contributed by atoms with Crippen LogP contribution in [-0.2, 0) is 9.53 Å². The van der Waals surface area contributed by atoms with Gasteiger partial charge in [0.15, 0.2) is 0 Å². The van der Waals surface area contributed by atoms with E-state index in [1.807, 2.05) is 19.1 Å². The molecule has 3 nitrogen and oxygen atoms in total. The Bertz CT molecular complexity index is 377. The van der Waals surface area contributed by atoms with E-state index in [0.717, 1.165) is 18.6 Å². The molecule has 1 saturated carbocycles. The first kappa shape index (κ1) is 12.0. The maximum Gasteiger partial charge on any atom is 0.308 e. The quantitative estimate of drug-likeness (QED) is 0.751. The van der Waals surface area contributed by atoms with Gasteiger partial charge in [0, 0.05) is 0 Å². The number of hydrogen-bond donors (Lipinski definition) is 0. The van der Waals surface area contributed by atoms with Crippen molar-refractivity contribution in [2.75, 3.05) is 13.7 Å². The van der Waals surface area contributed by atoms with Crippen LogP contribution in [0, 0.1) is 5.92 Å². The molecule has 0 amide bonds. The molecule has 0 bridgehead atoms. The van der Waals surface area contributed by atoms with Crippen LogP contribution in [0.15, 0.2) is 24.3 Å². The molecule has 2 rings (SSSR count). The van der Waals surface area contributed by atoms with E-state index in [0.29, 0.717) is 12.5 Å². The van der Waals surface area contributed by atoms with Gasteiger partial charge in [0.1, 0.15) is 5.75 Å². The fraction of sp³-hybridized carbons (Fsp3) is 0.500. The van der Waals surface area contributed by atoms with E-state index >= 15 is 0 Å². The SMILES string of the molecule is CCOC(=O)C1CC(c2ccc(OC)cc2)C1. The van der Waals surface area contributed by atoms with Crippen LogP contribution in [0.3, 0.4) is 0 Å². The highest BCUT2D eigenvalue weighted by Crippen LogP contribution is 2.42. The Kier molecular flexibility index (Phi) is 3.67. The lowest BCUT2D eigenvalue weighted by molar-refractivity contribution is -0.151. The summed E-state index contributed by atoms with van der Waals surface area (Å²) >= 11 is 0. The lowest BCUT2D eigenvalue weighted by Crippen LogP contribution is -2.30. The molecule has 17 heavy (non-hydrogen) atoms. The van der Waals surface area contributed by atoms with Gasteiger partial charge in [-0.1, -0.05) is 12.1 Å². The standard InChI is InChI=1S/C14H18O3/c1-3-17-14(15)12-8-11(9-12)10-4-6-13(16-2)7-5-10/h4-7,11-12H,3,8-9H2,1-2H3. The van der Waals surface area contributed by atoms with Gasteiger partial charge < -0.3 is 9.47 Å². The molecule has 0 saturated heterocycles. The van der Waals surface area contributed by atoms with Crippen molar-refractivity contribution in [3.63, 3.8) is 0 Å². The molecular formula is C14H18O3. The van der Waals surface area contributed by atoms with Gasteiger partial charge in [-0.3, -0.25) is 4.79 Å². The molecule has 3 heteroatoms. The van der Waals surface area contributed by atoms with Gasteiger partial charge >= 0.3 is 5.97 Å². The Morgan fingerprint density at radius 2 is 1.94 bits per heavy atom. The number of benzene rings is 1. The van der Waals surface area contributed by atoms with Gasteiger partial charge in [-0.15, -0.1) is 0 Å². The second-order valence-corrected chi connectivity index (χ2v) is 4.39. The molecule has 92 valence electrons. The first-order chi connectivity index (χ1) is 8.24. The van der Waals surface area contributed by atoms with Crippen molar-refractivity contribution in [1.82, 2.24) is 0 Å². The zero-order valence-electron chi connectivity index (χ0n) is 10.3. The van der Waals surface area contributed by atoms with Crippen LogP contribution in [0.2, 0.25) is 0 Å². The van der Waals surface area contributed by atoms with Crippen molar-refractivity contribution in [3.05, 3.63) is 29.8 Å². The second kappa shape index (κ2) is 5.21. The number of carbonyl (C=O) groups excluding carboxylic acids is 1. The highest BCUT2D eigenvalue weighted by Gasteiger charge is 2.36. The summed E-state index contributed by atoms with van der Waals surface area (Å²) in [6.45, 7) is 2.32. The zero-order chi connectivity index (χ0) is 12.3.